The highest BCUT2D eigenvalue weighted by Crippen LogP contribution is 2.65. The first-order chi connectivity index (χ1) is 15.5. The number of pyridine rings is 1. The first kappa shape index (κ1) is 23.6. The van der Waals surface area contributed by atoms with Crippen molar-refractivity contribution in [2.45, 2.75) is 96.8 Å². The summed E-state index contributed by atoms with van der Waals surface area (Å²) in [5.41, 5.74) is 0.0152. The molecule has 2 nitrogen and oxygen atoms in total. The maximum absolute atomic E-state index is 12.9. The molecule has 4 aliphatic rings. The first-order valence-corrected chi connectivity index (χ1v) is 13.2. The third-order valence-corrected chi connectivity index (χ3v) is 10.7. The fourth-order valence-electron chi connectivity index (χ4n) is 9.28. The zero-order chi connectivity index (χ0) is 23.6. The van der Waals surface area contributed by atoms with Crippen LogP contribution in [0.4, 0.5) is 13.2 Å². The lowest BCUT2D eigenvalue weighted by Gasteiger charge is -2.57. The van der Waals surface area contributed by atoms with Crippen LogP contribution < -0.4 is 0 Å². The monoisotopic (exact) mass is 463 g/mol. The van der Waals surface area contributed by atoms with E-state index >= 15 is 0 Å². The molecule has 0 aliphatic heterocycles. The minimum absolute atomic E-state index is 0.354. The molecule has 0 radical (unpaired) electrons. The van der Waals surface area contributed by atoms with E-state index in [-0.39, 0.29) is 0 Å². The van der Waals surface area contributed by atoms with Gasteiger partial charge in [-0.05, 0) is 130 Å². The summed E-state index contributed by atoms with van der Waals surface area (Å²) < 4.78 is 38.6. The molecule has 33 heavy (non-hydrogen) atoms. The Morgan fingerprint density at radius 1 is 1.00 bits per heavy atom. The van der Waals surface area contributed by atoms with Crippen molar-refractivity contribution in [2.75, 3.05) is 0 Å². The second-order valence-electron chi connectivity index (χ2n) is 12.6. The van der Waals surface area contributed by atoms with Gasteiger partial charge in [0.15, 0.2) is 0 Å². The van der Waals surface area contributed by atoms with Crippen molar-refractivity contribution in [3.05, 3.63) is 29.6 Å². The van der Waals surface area contributed by atoms with Crippen molar-refractivity contribution in [2.24, 2.45) is 46.8 Å². The van der Waals surface area contributed by atoms with Gasteiger partial charge in [0.25, 0.3) is 0 Å². The Morgan fingerprint density at radius 3 is 2.45 bits per heavy atom. The van der Waals surface area contributed by atoms with E-state index in [4.69, 9.17) is 0 Å². The quantitative estimate of drug-likeness (QED) is 0.510. The predicted octanol–water partition coefficient (Wildman–Crippen LogP) is 7.30. The highest BCUT2D eigenvalue weighted by Gasteiger charge is 2.58. The highest BCUT2D eigenvalue weighted by molar-refractivity contribution is 5.17. The number of halogens is 3. The number of rotatable bonds is 3. The van der Waals surface area contributed by atoms with Gasteiger partial charge >= 0.3 is 6.18 Å². The molecule has 9 atom stereocenters. The summed E-state index contributed by atoms with van der Waals surface area (Å²) in [5, 5.41) is 10.6. The molecule has 5 rings (SSSR count). The summed E-state index contributed by atoms with van der Waals surface area (Å²) in [7, 11) is 0. The van der Waals surface area contributed by atoms with Gasteiger partial charge in [-0.25, -0.2) is 0 Å². The first-order valence-electron chi connectivity index (χ1n) is 13.2. The fraction of sp³-hybridized carbons (Fsp3) is 0.821. The van der Waals surface area contributed by atoms with Crippen LogP contribution in [0.3, 0.4) is 0 Å². The van der Waals surface area contributed by atoms with Gasteiger partial charge in [-0.3, -0.25) is 4.98 Å². The maximum Gasteiger partial charge on any atom is 0.433 e. The lowest BCUT2D eigenvalue weighted by Crippen LogP contribution is -2.50. The summed E-state index contributed by atoms with van der Waals surface area (Å²) >= 11 is 0. The SMILES string of the molecule is C[C@@H](Cc1ccc(C(F)(F)F)nc1)[C@H]1CC[C@H]2[C@@H]3CC[C@@H]4C[C@](C)(O)CC[C@@H]4[C@H]3CC[C@]12C. The number of hydrogen-bond donors (Lipinski definition) is 1. The van der Waals surface area contributed by atoms with Crippen molar-refractivity contribution in [1.82, 2.24) is 4.98 Å². The summed E-state index contributed by atoms with van der Waals surface area (Å²) in [6.45, 7) is 6.87. The topological polar surface area (TPSA) is 33.1 Å². The van der Waals surface area contributed by atoms with Gasteiger partial charge in [-0.2, -0.15) is 13.2 Å². The van der Waals surface area contributed by atoms with Gasteiger partial charge < -0.3 is 5.11 Å². The summed E-state index contributed by atoms with van der Waals surface area (Å²) in [4.78, 5) is 3.69. The van der Waals surface area contributed by atoms with Crippen molar-refractivity contribution in [1.29, 1.82) is 0 Å². The largest absolute Gasteiger partial charge is 0.433 e. The fourth-order valence-corrected chi connectivity index (χ4v) is 9.28. The number of aliphatic hydroxyl groups is 1. The Hall–Kier alpha value is -1.10. The third-order valence-electron chi connectivity index (χ3n) is 10.7. The van der Waals surface area contributed by atoms with Crippen molar-refractivity contribution in [3.8, 4) is 0 Å². The molecule has 0 unspecified atom stereocenters. The molecule has 1 heterocycles. The van der Waals surface area contributed by atoms with Crippen LogP contribution in [0, 0.1) is 46.8 Å². The van der Waals surface area contributed by atoms with Gasteiger partial charge in [-0.15, -0.1) is 0 Å². The molecule has 1 N–H and O–H groups in total. The van der Waals surface area contributed by atoms with E-state index in [1.807, 2.05) is 6.92 Å². The van der Waals surface area contributed by atoms with E-state index in [0.717, 1.165) is 54.6 Å². The summed E-state index contributed by atoms with van der Waals surface area (Å²) in [5.74, 6) is 5.07. The van der Waals surface area contributed by atoms with E-state index in [1.165, 1.54) is 51.1 Å². The Labute approximate surface area is 196 Å². The smallest absolute Gasteiger partial charge is 0.390 e. The molecule has 4 aliphatic carbocycles. The second kappa shape index (κ2) is 8.24. The van der Waals surface area contributed by atoms with Crippen LogP contribution in [-0.4, -0.2) is 15.7 Å². The Balaban J connectivity index is 1.27. The van der Waals surface area contributed by atoms with Gasteiger partial charge in [0, 0.05) is 6.20 Å². The van der Waals surface area contributed by atoms with Gasteiger partial charge in [-0.1, -0.05) is 19.9 Å². The normalized spacial score (nSPS) is 44.0. The minimum atomic E-state index is -4.37. The number of hydrogen-bond acceptors (Lipinski definition) is 2. The molecule has 0 saturated heterocycles. The lowest BCUT2D eigenvalue weighted by molar-refractivity contribution is -0.141. The zero-order valence-electron chi connectivity index (χ0n) is 20.4. The number of alkyl halides is 3. The summed E-state index contributed by atoms with van der Waals surface area (Å²) in [6, 6.07) is 2.75. The third kappa shape index (κ3) is 4.25. The predicted molar refractivity (Wildman–Crippen MR) is 123 cm³/mol. The molecule has 1 aromatic heterocycles. The molecule has 1 aromatic rings. The molecule has 5 heteroatoms. The molecule has 0 aromatic carbocycles. The average molecular weight is 464 g/mol. The van der Waals surface area contributed by atoms with E-state index in [0.29, 0.717) is 23.2 Å². The van der Waals surface area contributed by atoms with Crippen molar-refractivity contribution in [3.63, 3.8) is 0 Å². The Kier molecular flexibility index (Phi) is 5.90. The molecule has 0 bridgehead atoms. The van der Waals surface area contributed by atoms with Crippen LogP contribution in [0.1, 0.15) is 89.8 Å². The summed E-state index contributed by atoms with van der Waals surface area (Å²) in [6.07, 6.45) is 8.81. The van der Waals surface area contributed by atoms with E-state index < -0.39 is 17.5 Å². The maximum atomic E-state index is 12.9. The molecule has 0 spiro atoms. The molecular formula is C28H40F3NO. The highest BCUT2D eigenvalue weighted by atomic mass is 19.4. The van der Waals surface area contributed by atoms with Crippen LogP contribution in [0.5, 0.6) is 0 Å². The molecule has 184 valence electrons. The van der Waals surface area contributed by atoms with E-state index in [9.17, 15) is 18.3 Å². The van der Waals surface area contributed by atoms with Crippen LogP contribution >= 0.6 is 0 Å². The molecular weight excluding hydrogens is 423 g/mol. The molecule has 4 fully saturated rings. The van der Waals surface area contributed by atoms with Gasteiger partial charge in [0.1, 0.15) is 5.69 Å². The number of fused-ring (bicyclic) bond motifs is 5. The van der Waals surface area contributed by atoms with Crippen LogP contribution in [0.15, 0.2) is 18.3 Å². The molecule has 0 amide bonds. The van der Waals surface area contributed by atoms with Crippen molar-refractivity contribution >= 4 is 0 Å². The number of nitrogens with zero attached hydrogens (tertiary/aromatic N) is 1. The average Bonchev–Trinajstić information content (AvgIpc) is 3.10. The number of aromatic nitrogens is 1. The van der Waals surface area contributed by atoms with Crippen LogP contribution in [0.25, 0.3) is 0 Å². The lowest BCUT2D eigenvalue weighted by atomic mass is 9.48. The Morgan fingerprint density at radius 2 is 1.76 bits per heavy atom. The van der Waals surface area contributed by atoms with E-state index in [2.05, 4.69) is 18.8 Å². The van der Waals surface area contributed by atoms with E-state index in [1.54, 1.807) is 6.07 Å². The van der Waals surface area contributed by atoms with Crippen LogP contribution in [0.2, 0.25) is 0 Å². The zero-order valence-corrected chi connectivity index (χ0v) is 20.4. The van der Waals surface area contributed by atoms with Crippen molar-refractivity contribution < 1.29 is 18.3 Å². The molecule has 4 saturated carbocycles. The standard InChI is InChI=1S/C28H40F3NO/c1-17(14-18-4-9-25(32-16-18)28(29,30)31)23-7-8-24-22-6-5-19-15-26(2,33)12-10-20(19)21(22)11-13-27(23,24)3/h4,9,16-17,19-24,33H,5-8,10-15H2,1-3H3/t17-,19+,20-,21+,22+,23+,24-,26+,27+/m0/s1. The van der Waals surface area contributed by atoms with Gasteiger partial charge in [0.05, 0.1) is 5.60 Å². The minimum Gasteiger partial charge on any atom is -0.390 e. The van der Waals surface area contributed by atoms with Gasteiger partial charge in [0.2, 0.25) is 0 Å². The Bertz CT molecular complexity index is 850. The second-order valence-corrected chi connectivity index (χ2v) is 12.6. The van der Waals surface area contributed by atoms with Crippen LogP contribution in [-0.2, 0) is 12.6 Å².